The highest BCUT2D eigenvalue weighted by molar-refractivity contribution is 5.25. The zero-order valence-corrected chi connectivity index (χ0v) is 7.92. The number of fused-ring (bicyclic) bond motifs is 1. The number of hydrogen-bond donors (Lipinski definition) is 0. The summed E-state index contributed by atoms with van der Waals surface area (Å²) in [6.45, 7) is 2.18. The monoisotopic (exact) mass is 162 g/mol. The van der Waals surface area contributed by atoms with Gasteiger partial charge in [0.2, 0.25) is 0 Å². The third-order valence-electron chi connectivity index (χ3n) is 3.42. The molecule has 0 spiro atoms. The van der Waals surface area contributed by atoms with E-state index in [0.29, 0.717) is 0 Å². The van der Waals surface area contributed by atoms with E-state index in [-0.39, 0.29) is 0 Å². The van der Waals surface area contributed by atoms with Crippen molar-refractivity contribution < 1.29 is 0 Å². The van der Waals surface area contributed by atoms with Crippen LogP contribution in [0.15, 0.2) is 23.8 Å². The summed E-state index contributed by atoms with van der Waals surface area (Å²) in [7, 11) is 0. The van der Waals surface area contributed by atoms with E-state index in [4.69, 9.17) is 0 Å². The summed E-state index contributed by atoms with van der Waals surface area (Å²) in [6, 6.07) is 0. The second-order valence-electron chi connectivity index (χ2n) is 4.08. The van der Waals surface area contributed by atoms with Crippen molar-refractivity contribution in [1.82, 2.24) is 0 Å². The minimum Gasteiger partial charge on any atom is -0.0842 e. The van der Waals surface area contributed by atoms with E-state index >= 15 is 0 Å². The SMILES string of the molecule is CC=C1C=CCC2CCCCC12. The van der Waals surface area contributed by atoms with Crippen molar-refractivity contribution in [2.24, 2.45) is 11.8 Å². The van der Waals surface area contributed by atoms with Gasteiger partial charge < -0.3 is 0 Å². The van der Waals surface area contributed by atoms with Crippen molar-refractivity contribution in [2.45, 2.75) is 39.0 Å². The molecule has 2 unspecified atom stereocenters. The highest BCUT2D eigenvalue weighted by Gasteiger charge is 2.27. The quantitative estimate of drug-likeness (QED) is 0.509. The minimum absolute atomic E-state index is 0.911. The molecule has 66 valence electrons. The molecule has 0 amide bonds. The highest BCUT2D eigenvalue weighted by Crippen LogP contribution is 2.40. The van der Waals surface area contributed by atoms with Gasteiger partial charge in [-0.25, -0.2) is 0 Å². The standard InChI is InChI=1S/C12H18/c1-2-10-7-5-8-11-6-3-4-9-12(10)11/h2,5,7,11-12H,3-4,6,8-9H2,1H3. The Morgan fingerprint density at radius 3 is 3.00 bits per heavy atom. The van der Waals surface area contributed by atoms with Crippen LogP contribution in [-0.4, -0.2) is 0 Å². The molecule has 0 aromatic rings. The Morgan fingerprint density at radius 2 is 2.17 bits per heavy atom. The molecule has 1 saturated carbocycles. The Hall–Kier alpha value is -0.520. The second kappa shape index (κ2) is 3.47. The fraction of sp³-hybridized carbons (Fsp3) is 0.667. The number of allylic oxidation sites excluding steroid dienone is 4. The molecule has 0 aromatic heterocycles. The molecule has 0 heterocycles. The van der Waals surface area contributed by atoms with Gasteiger partial charge in [0.15, 0.2) is 0 Å². The molecule has 0 radical (unpaired) electrons. The first-order chi connectivity index (χ1) is 5.92. The van der Waals surface area contributed by atoms with Crippen LogP contribution >= 0.6 is 0 Å². The van der Waals surface area contributed by atoms with E-state index in [1.54, 1.807) is 5.57 Å². The van der Waals surface area contributed by atoms with Gasteiger partial charge in [0.05, 0.1) is 0 Å². The van der Waals surface area contributed by atoms with Crippen LogP contribution in [0.25, 0.3) is 0 Å². The number of rotatable bonds is 0. The van der Waals surface area contributed by atoms with E-state index in [1.807, 2.05) is 0 Å². The van der Waals surface area contributed by atoms with Gasteiger partial charge in [-0.3, -0.25) is 0 Å². The minimum atomic E-state index is 0.911. The molecule has 0 aliphatic heterocycles. The first-order valence-electron chi connectivity index (χ1n) is 5.24. The van der Waals surface area contributed by atoms with Crippen LogP contribution in [-0.2, 0) is 0 Å². The molecule has 0 bridgehead atoms. The predicted molar refractivity (Wildman–Crippen MR) is 53.0 cm³/mol. The van der Waals surface area contributed by atoms with Gasteiger partial charge in [-0.2, -0.15) is 0 Å². The molecule has 2 aliphatic rings. The topological polar surface area (TPSA) is 0 Å². The summed E-state index contributed by atoms with van der Waals surface area (Å²) in [5.41, 5.74) is 1.60. The summed E-state index contributed by atoms with van der Waals surface area (Å²) in [4.78, 5) is 0. The Balaban J connectivity index is 2.18. The smallest absolute Gasteiger partial charge is 0.0134 e. The van der Waals surface area contributed by atoms with Crippen LogP contribution in [0, 0.1) is 11.8 Å². The van der Waals surface area contributed by atoms with Gasteiger partial charge in [0, 0.05) is 0 Å². The van der Waals surface area contributed by atoms with Crippen LogP contribution in [0.5, 0.6) is 0 Å². The summed E-state index contributed by atoms with van der Waals surface area (Å²) >= 11 is 0. The molecular weight excluding hydrogens is 144 g/mol. The highest BCUT2D eigenvalue weighted by atomic mass is 14.3. The van der Waals surface area contributed by atoms with Crippen LogP contribution < -0.4 is 0 Å². The van der Waals surface area contributed by atoms with Gasteiger partial charge >= 0.3 is 0 Å². The maximum atomic E-state index is 2.36. The largest absolute Gasteiger partial charge is 0.0842 e. The molecular formula is C12H18. The fourth-order valence-electron chi connectivity index (χ4n) is 2.74. The maximum Gasteiger partial charge on any atom is -0.0134 e. The van der Waals surface area contributed by atoms with Crippen molar-refractivity contribution in [3.05, 3.63) is 23.8 Å². The third-order valence-corrected chi connectivity index (χ3v) is 3.42. The number of hydrogen-bond acceptors (Lipinski definition) is 0. The molecule has 2 aliphatic carbocycles. The Morgan fingerprint density at radius 1 is 1.33 bits per heavy atom. The first-order valence-corrected chi connectivity index (χ1v) is 5.24. The summed E-state index contributed by atoms with van der Waals surface area (Å²) < 4.78 is 0. The van der Waals surface area contributed by atoms with Gasteiger partial charge in [0.1, 0.15) is 0 Å². The van der Waals surface area contributed by atoms with Crippen molar-refractivity contribution in [1.29, 1.82) is 0 Å². The van der Waals surface area contributed by atoms with Crippen molar-refractivity contribution in [3.63, 3.8) is 0 Å². The van der Waals surface area contributed by atoms with Gasteiger partial charge in [-0.05, 0) is 43.6 Å². The zero-order chi connectivity index (χ0) is 8.39. The summed E-state index contributed by atoms with van der Waals surface area (Å²) in [5, 5.41) is 0. The average molecular weight is 162 g/mol. The summed E-state index contributed by atoms with van der Waals surface area (Å²) in [5.74, 6) is 1.89. The lowest BCUT2D eigenvalue weighted by Gasteiger charge is -2.34. The normalized spacial score (nSPS) is 38.2. The first kappa shape index (κ1) is 8.10. The average Bonchev–Trinajstić information content (AvgIpc) is 2.17. The zero-order valence-electron chi connectivity index (χ0n) is 7.92. The van der Waals surface area contributed by atoms with Crippen molar-refractivity contribution in [3.8, 4) is 0 Å². The molecule has 1 fully saturated rings. The molecule has 2 rings (SSSR count). The second-order valence-corrected chi connectivity index (χ2v) is 4.08. The van der Waals surface area contributed by atoms with Crippen molar-refractivity contribution >= 4 is 0 Å². The Kier molecular flexibility index (Phi) is 2.34. The maximum absolute atomic E-state index is 2.36. The van der Waals surface area contributed by atoms with Crippen LogP contribution in [0.3, 0.4) is 0 Å². The van der Waals surface area contributed by atoms with Crippen LogP contribution in [0.4, 0.5) is 0 Å². The van der Waals surface area contributed by atoms with Crippen LogP contribution in [0.2, 0.25) is 0 Å². The molecule has 2 atom stereocenters. The Bertz CT molecular complexity index is 210. The molecule has 0 N–H and O–H groups in total. The van der Waals surface area contributed by atoms with E-state index in [2.05, 4.69) is 25.2 Å². The fourth-order valence-corrected chi connectivity index (χ4v) is 2.74. The van der Waals surface area contributed by atoms with Gasteiger partial charge in [0.25, 0.3) is 0 Å². The van der Waals surface area contributed by atoms with E-state index in [1.165, 1.54) is 32.1 Å². The Labute approximate surface area is 75.4 Å². The van der Waals surface area contributed by atoms with Crippen LogP contribution in [0.1, 0.15) is 39.0 Å². The van der Waals surface area contributed by atoms with Gasteiger partial charge in [-0.1, -0.05) is 31.1 Å². The third kappa shape index (κ3) is 1.35. The molecule has 12 heavy (non-hydrogen) atoms. The molecule has 0 heteroatoms. The van der Waals surface area contributed by atoms with E-state index in [0.717, 1.165) is 11.8 Å². The lowest BCUT2D eigenvalue weighted by Crippen LogP contribution is -2.22. The van der Waals surface area contributed by atoms with Gasteiger partial charge in [-0.15, -0.1) is 0 Å². The van der Waals surface area contributed by atoms with Crippen molar-refractivity contribution in [2.75, 3.05) is 0 Å². The predicted octanol–water partition coefficient (Wildman–Crippen LogP) is 3.70. The lowest BCUT2D eigenvalue weighted by molar-refractivity contribution is 0.271. The lowest BCUT2D eigenvalue weighted by atomic mass is 9.71. The van der Waals surface area contributed by atoms with E-state index < -0.39 is 0 Å². The molecule has 0 saturated heterocycles. The summed E-state index contributed by atoms with van der Waals surface area (Å²) in [6.07, 6.45) is 14.2. The molecule has 0 aromatic carbocycles. The molecule has 0 nitrogen and oxygen atoms in total. The van der Waals surface area contributed by atoms with E-state index in [9.17, 15) is 0 Å².